The Hall–Kier alpha value is -2.94. The van der Waals surface area contributed by atoms with E-state index >= 15 is 0 Å². The van der Waals surface area contributed by atoms with Crippen LogP contribution in [-0.2, 0) is 0 Å². The summed E-state index contributed by atoms with van der Waals surface area (Å²) in [5.41, 5.74) is 0.785. The molecule has 0 fully saturated rings. The van der Waals surface area contributed by atoms with Crippen LogP contribution in [0.5, 0.6) is 11.5 Å². The highest BCUT2D eigenvalue weighted by atomic mass is 19.4. The third-order valence-corrected chi connectivity index (χ3v) is 3.30. The molecule has 0 saturated carbocycles. The predicted molar refractivity (Wildman–Crippen MR) is 88.1 cm³/mol. The molecule has 0 aliphatic rings. The summed E-state index contributed by atoms with van der Waals surface area (Å²) in [5.74, 6) is 0.0949. The maximum absolute atomic E-state index is 12.1. The van der Waals surface area contributed by atoms with E-state index in [-0.39, 0.29) is 12.2 Å². The second kappa shape index (κ2) is 8.43. The van der Waals surface area contributed by atoms with Crippen LogP contribution in [-0.4, -0.2) is 31.2 Å². The molecular formula is C17H17F3N2O4. The summed E-state index contributed by atoms with van der Waals surface area (Å²) >= 11 is 0. The lowest BCUT2D eigenvalue weighted by molar-refractivity contribution is -0.274. The van der Waals surface area contributed by atoms with Crippen LogP contribution in [0.2, 0.25) is 0 Å². The van der Waals surface area contributed by atoms with Crippen molar-refractivity contribution in [3.05, 3.63) is 54.1 Å². The lowest BCUT2D eigenvalue weighted by Crippen LogP contribution is -2.32. The van der Waals surface area contributed by atoms with Gasteiger partial charge in [-0.2, -0.15) is 0 Å². The zero-order valence-electron chi connectivity index (χ0n) is 13.7. The second-order valence-electron chi connectivity index (χ2n) is 5.16. The smallest absolute Gasteiger partial charge is 0.496 e. The number of halogens is 3. The van der Waals surface area contributed by atoms with E-state index in [2.05, 4.69) is 15.4 Å². The van der Waals surface area contributed by atoms with E-state index in [0.717, 1.165) is 12.1 Å². The third kappa shape index (κ3) is 5.85. The highest BCUT2D eigenvalue weighted by Gasteiger charge is 2.30. The molecule has 0 radical (unpaired) electrons. The highest BCUT2D eigenvalue weighted by Crippen LogP contribution is 2.25. The average molecular weight is 370 g/mol. The van der Waals surface area contributed by atoms with Gasteiger partial charge in [-0.1, -0.05) is 18.2 Å². The van der Waals surface area contributed by atoms with E-state index < -0.39 is 24.2 Å². The van der Waals surface area contributed by atoms with Crippen LogP contribution in [0.15, 0.2) is 48.5 Å². The largest absolute Gasteiger partial charge is 0.573 e. The minimum atomic E-state index is -4.78. The molecule has 0 aliphatic carbocycles. The van der Waals surface area contributed by atoms with Gasteiger partial charge in [0.05, 0.1) is 13.2 Å². The zero-order chi connectivity index (χ0) is 19.2. The van der Waals surface area contributed by atoms with Gasteiger partial charge in [0.15, 0.2) is 0 Å². The van der Waals surface area contributed by atoms with Gasteiger partial charge in [0.2, 0.25) is 0 Å². The van der Waals surface area contributed by atoms with Crippen molar-refractivity contribution < 1.29 is 32.5 Å². The Morgan fingerprint density at radius 1 is 1.15 bits per heavy atom. The molecule has 0 saturated heterocycles. The Balaban J connectivity index is 1.87. The third-order valence-electron chi connectivity index (χ3n) is 3.30. The molecular weight excluding hydrogens is 353 g/mol. The number of methoxy groups -OCH3 is 1. The van der Waals surface area contributed by atoms with Crippen molar-refractivity contribution in [2.24, 2.45) is 0 Å². The first-order valence-electron chi connectivity index (χ1n) is 7.50. The SMILES string of the molecule is COc1ccccc1[C@@H](O)CNC(=O)Nc1ccc(OC(F)(F)F)cc1. The standard InChI is InChI=1S/C17H17F3N2O4/c1-25-15-5-3-2-4-13(15)14(23)10-21-16(24)22-11-6-8-12(9-7-11)26-17(18,19)20/h2-9,14,23H,10H2,1H3,(H2,21,22,24)/t14-/m0/s1. The lowest BCUT2D eigenvalue weighted by atomic mass is 10.1. The molecule has 0 heterocycles. The number of anilines is 1. The monoisotopic (exact) mass is 370 g/mol. The average Bonchev–Trinajstić information content (AvgIpc) is 2.60. The summed E-state index contributed by atoms with van der Waals surface area (Å²) in [6.45, 7) is -0.0819. The van der Waals surface area contributed by atoms with Gasteiger partial charge in [0.1, 0.15) is 11.5 Å². The molecule has 26 heavy (non-hydrogen) atoms. The molecule has 2 rings (SSSR count). The maximum Gasteiger partial charge on any atom is 0.573 e. The van der Waals surface area contributed by atoms with E-state index in [1.54, 1.807) is 24.3 Å². The van der Waals surface area contributed by atoms with E-state index in [1.165, 1.54) is 19.2 Å². The number of carbonyl (C=O) groups is 1. The summed E-state index contributed by atoms with van der Waals surface area (Å²) < 4.78 is 45.1. The normalized spacial score (nSPS) is 12.2. The topological polar surface area (TPSA) is 79.8 Å². The molecule has 0 bridgehead atoms. The predicted octanol–water partition coefficient (Wildman–Crippen LogP) is 3.45. The van der Waals surface area contributed by atoms with Gasteiger partial charge in [-0.3, -0.25) is 0 Å². The van der Waals surface area contributed by atoms with E-state index in [4.69, 9.17) is 4.74 Å². The second-order valence-corrected chi connectivity index (χ2v) is 5.16. The van der Waals surface area contributed by atoms with Crippen molar-refractivity contribution in [3.8, 4) is 11.5 Å². The Morgan fingerprint density at radius 3 is 2.42 bits per heavy atom. The molecule has 2 aromatic carbocycles. The van der Waals surface area contributed by atoms with Crippen LogP contribution < -0.4 is 20.1 Å². The Bertz CT molecular complexity index is 736. The van der Waals surface area contributed by atoms with Crippen molar-refractivity contribution in [3.63, 3.8) is 0 Å². The van der Waals surface area contributed by atoms with Crippen LogP contribution in [0.3, 0.4) is 0 Å². The summed E-state index contributed by atoms with van der Waals surface area (Å²) in [6.07, 6.45) is -5.76. The van der Waals surface area contributed by atoms with Gasteiger partial charge < -0.3 is 25.2 Å². The number of urea groups is 1. The first-order chi connectivity index (χ1) is 12.3. The summed E-state index contributed by atoms with van der Waals surface area (Å²) in [4.78, 5) is 11.8. The summed E-state index contributed by atoms with van der Waals surface area (Å²) in [7, 11) is 1.47. The first kappa shape index (κ1) is 19.4. The van der Waals surface area contributed by atoms with Gasteiger partial charge in [-0.15, -0.1) is 13.2 Å². The van der Waals surface area contributed by atoms with Crippen molar-refractivity contribution in [1.82, 2.24) is 5.32 Å². The molecule has 9 heteroatoms. The highest BCUT2D eigenvalue weighted by molar-refractivity contribution is 5.89. The number of carbonyl (C=O) groups excluding carboxylic acids is 1. The van der Waals surface area contributed by atoms with Crippen LogP contribution in [0.4, 0.5) is 23.7 Å². The number of amides is 2. The minimum absolute atomic E-state index is 0.0819. The molecule has 2 aromatic rings. The van der Waals surface area contributed by atoms with Crippen LogP contribution in [0, 0.1) is 0 Å². The molecule has 6 nitrogen and oxygen atoms in total. The fourth-order valence-corrected chi connectivity index (χ4v) is 2.16. The van der Waals surface area contributed by atoms with E-state index in [1.807, 2.05) is 0 Å². The molecule has 140 valence electrons. The Labute approximate surface area is 147 Å². The van der Waals surface area contributed by atoms with Gasteiger partial charge in [0.25, 0.3) is 0 Å². The number of benzene rings is 2. The number of para-hydroxylation sites is 1. The van der Waals surface area contributed by atoms with Crippen LogP contribution in [0.25, 0.3) is 0 Å². The van der Waals surface area contributed by atoms with Gasteiger partial charge in [-0.05, 0) is 30.3 Å². The molecule has 1 atom stereocenters. The molecule has 0 spiro atoms. The van der Waals surface area contributed by atoms with Crippen LogP contribution >= 0.6 is 0 Å². The summed E-state index contributed by atoms with van der Waals surface area (Å²) in [6, 6.07) is 10.9. The fraction of sp³-hybridized carbons (Fsp3) is 0.235. The lowest BCUT2D eigenvalue weighted by Gasteiger charge is -2.16. The zero-order valence-corrected chi connectivity index (χ0v) is 13.7. The van der Waals surface area contributed by atoms with Gasteiger partial charge >= 0.3 is 12.4 Å². The van der Waals surface area contributed by atoms with Crippen LogP contribution in [0.1, 0.15) is 11.7 Å². The fourth-order valence-electron chi connectivity index (χ4n) is 2.16. The quantitative estimate of drug-likeness (QED) is 0.728. The minimum Gasteiger partial charge on any atom is -0.496 e. The number of rotatable bonds is 6. The number of nitrogens with one attached hydrogen (secondary N) is 2. The number of aliphatic hydroxyl groups is 1. The van der Waals surface area contributed by atoms with E-state index in [0.29, 0.717) is 11.3 Å². The molecule has 0 aromatic heterocycles. The first-order valence-corrected chi connectivity index (χ1v) is 7.50. The van der Waals surface area contributed by atoms with Crippen molar-refractivity contribution in [1.29, 1.82) is 0 Å². The molecule has 0 unspecified atom stereocenters. The summed E-state index contributed by atoms with van der Waals surface area (Å²) in [5, 5.41) is 15.1. The molecule has 2 amide bonds. The molecule has 3 N–H and O–H groups in total. The van der Waals surface area contributed by atoms with E-state index in [9.17, 15) is 23.1 Å². The van der Waals surface area contributed by atoms with Crippen molar-refractivity contribution >= 4 is 11.7 Å². The van der Waals surface area contributed by atoms with Gasteiger partial charge in [-0.25, -0.2) is 4.79 Å². The Kier molecular flexibility index (Phi) is 6.29. The maximum atomic E-state index is 12.1. The number of alkyl halides is 3. The number of aliphatic hydroxyl groups excluding tert-OH is 1. The van der Waals surface area contributed by atoms with Crippen molar-refractivity contribution in [2.75, 3.05) is 19.0 Å². The number of hydrogen-bond acceptors (Lipinski definition) is 4. The number of ether oxygens (including phenoxy) is 2. The van der Waals surface area contributed by atoms with Crippen molar-refractivity contribution in [2.45, 2.75) is 12.5 Å². The Morgan fingerprint density at radius 2 is 1.81 bits per heavy atom. The number of hydrogen-bond donors (Lipinski definition) is 3. The van der Waals surface area contributed by atoms with Gasteiger partial charge in [0, 0.05) is 17.8 Å². The molecule has 0 aliphatic heterocycles.